The average Bonchev–Trinajstić information content (AvgIpc) is 2.62. The van der Waals surface area contributed by atoms with Crippen LogP contribution in [0.25, 0.3) is 0 Å². The van der Waals surface area contributed by atoms with Crippen LogP contribution in [-0.2, 0) is 4.74 Å². The van der Waals surface area contributed by atoms with E-state index in [9.17, 15) is 0 Å². The van der Waals surface area contributed by atoms with Crippen LogP contribution in [0.1, 0.15) is 18.4 Å². The first-order valence-electron chi connectivity index (χ1n) is 4.49. The molecule has 66 valence electrons. The van der Waals surface area contributed by atoms with E-state index in [1.54, 1.807) is 0 Å². The van der Waals surface area contributed by atoms with Crippen molar-refractivity contribution in [2.24, 2.45) is 0 Å². The Kier molecular flexibility index (Phi) is 4.47. The minimum Gasteiger partial charge on any atom is -0.381 e. The van der Waals surface area contributed by atoms with Gasteiger partial charge in [-0.05, 0) is 19.8 Å². The number of rotatable bonds is 0. The molecule has 1 heterocycles. The molecule has 1 aromatic rings. The van der Waals surface area contributed by atoms with Crippen LogP contribution in [-0.4, -0.2) is 13.2 Å². The molecular formula is C11H16O. The molecule has 1 heteroatoms. The molecule has 0 radical (unpaired) electrons. The van der Waals surface area contributed by atoms with Crippen LogP contribution in [0.5, 0.6) is 0 Å². The Morgan fingerprint density at radius 3 is 1.83 bits per heavy atom. The fourth-order valence-electron chi connectivity index (χ4n) is 1.04. The largest absolute Gasteiger partial charge is 0.381 e. The second-order valence-corrected chi connectivity index (χ2v) is 2.97. The van der Waals surface area contributed by atoms with Crippen LogP contribution >= 0.6 is 0 Å². The minimum atomic E-state index is 1.00. The fraction of sp³-hybridized carbons (Fsp3) is 0.455. The molecule has 1 nitrogen and oxygen atoms in total. The van der Waals surface area contributed by atoms with Crippen molar-refractivity contribution in [3.63, 3.8) is 0 Å². The van der Waals surface area contributed by atoms with Crippen molar-refractivity contribution in [3.8, 4) is 0 Å². The van der Waals surface area contributed by atoms with Crippen molar-refractivity contribution in [1.29, 1.82) is 0 Å². The van der Waals surface area contributed by atoms with Gasteiger partial charge in [0.05, 0.1) is 0 Å². The van der Waals surface area contributed by atoms with Crippen LogP contribution in [0.2, 0.25) is 0 Å². The first kappa shape index (κ1) is 9.27. The summed E-state index contributed by atoms with van der Waals surface area (Å²) in [5.74, 6) is 0. The van der Waals surface area contributed by atoms with Gasteiger partial charge in [0, 0.05) is 13.2 Å². The van der Waals surface area contributed by atoms with Crippen molar-refractivity contribution in [2.45, 2.75) is 19.8 Å². The lowest BCUT2D eigenvalue weighted by Gasteiger charge is -1.82. The van der Waals surface area contributed by atoms with Gasteiger partial charge in [0.15, 0.2) is 0 Å². The van der Waals surface area contributed by atoms with E-state index in [0.29, 0.717) is 0 Å². The number of aryl methyl sites for hydroxylation is 1. The van der Waals surface area contributed by atoms with E-state index in [4.69, 9.17) is 4.74 Å². The van der Waals surface area contributed by atoms with Crippen LogP contribution in [0.4, 0.5) is 0 Å². The molecule has 1 aromatic carbocycles. The standard InChI is InChI=1S/C7H8.C4H8O/c1-7-5-3-2-4-6-7;1-2-4-5-3-1/h2-6H,1H3;1-4H2. The molecule has 0 atom stereocenters. The van der Waals surface area contributed by atoms with Crippen molar-refractivity contribution < 1.29 is 4.74 Å². The molecule has 0 bridgehead atoms. The molecule has 0 unspecified atom stereocenters. The molecule has 12 heavy (non-hydrogen) atoms. The third-order valence-corrected chi connectivity index (χ3v) is 1.77. The number of benzene rings is 1. The topological polar surface area (TPSA) is 9.23 Å². The van der Waals surface area contributed by atoms with Gasteiger partial charge >= 0.3 is 0 Å². The van der Waals surface area contributed by atoms with Gasteiger partial charge < -0.3 is 4.74 Å². The molecule has 0 N–H and O–H groups in total. The smallest absolute Gasteiger partial charge is 0.0466 e. The lowest BCUT2D eigenvalue weighted by Crippen LogP contribution is -1.74. The highest BCUT2D eigenvalue weighted by atomic mass is 16.5. The van der Waals surface area contributed by atoms with Gasteiger partial charge in [-0.15, -0.1) is 0 Å². The monoisotopic (exact) mass is 164 g/mol. The molecular weight excluding hydrogens is 148 g/mol. The summed E-state index contributed by atoms with van der Waals surface area (Å²) < 4.78 is 4.94. The Morgan fingerprint density at radius 2 is 1.58 bits per heavy atom. The Hall–Kier alpha value is -0.820. The molecule has 0 aromatic heterocycles. The van der Waals surface area contributed by atoms with Gasteiger partial charge in [-0.2, -0.15) is 0 Å². The third kappa shape index (κ3) is 4.14. The van der Waals surface area contributed by atoms with Crippen LogP contribution in [0.15, 0.2) is 30.3 Å². The summed E-state index contributed by atoms with van der Waals surface area (Å²) in [6.45, 7) is 4.08. The predicted octanol–water partition coefficient (Wildman–Crippen LogP) is 2.79. The zero-order valence-electron chi connectivity index (χ0n) is 7.62. The third-order valence-electron chi connectivity index (χ3n) is 1.77. The van der Waals surface area contributed by atoms with Crippen molar-refractivity contribution in [1.82, 2.24) is 0 Å². The zero-order chi connectivity index (χ0) is 8.65. The fourth-order valence-corrected chi connectivity index (χ4v) is 1.04. The molecule has 1 aliphatic rings. The Balaban J connectivity index is 0.000000127. The van der Waals surface area contributed by atoms with Gasteiger partial charge in [-0.3, -0.25) is 0 Å². The maximum Gasteiger partial charge on any atom is 0.0466 e. The number of hydrogen-bond donors (Lipinski definition) is 0. The predicted molar refractivity (Wildman–Crippen MR) is 51.2 cm³/mol. The summed E-state index contributed by atoms with van der Waals surface area (Å²) in [7, 11) is 0. The molecule has 0 spiro atoms. The van der Waals surface area contributed by atoms with E-state index in [1.165, 1.54) is 18.4 Å². The summed E-state index contributed by atoms with van der Waals surface area (Å²) in [6, 6.07) is 10.3. The molecule has 0 saturated carbocycles. The summed E-state index contributed by atoms with van der Waals surface area (Å²) in [5, 5.41) is 0. The first-order valence-corrected chi connectivity index (χ1v) is 4.49. The van der Waals surface area contributed by atoms with E-state index in [0.717, 1.165) is 13.2 Å². The summed E-state index contributed by atoms with van der Waals surface area (Å²) >= 11 is 0. The van der Waals surface area contributed by atoms with E-state index in [1.807, 2.05) is 18.2 Å². The normalized spacial score (nSPS) is 15.1. The molecule has 2 rings (SSSR count). The SMILES string of the molecule is C1CCOC1.Cc1ccccc1. The van der Waals surface area contributed by atoms with E-state index in [-0.39, 0.29) is 0 Å². The summed E-state index contributed by atoms with van der Waals surface area (Å²) in [6.07, 6.45) is 2.56. The van der Waals surface area contributed by atoms with Gasteiger partial charge in [-0.25, -0.2) is 0 Å². The van der Waals surface area contributed by atoms with Crippen molar-refractivity contribution in [2.75, 3.05) is 13.2 Å². The van der Waals surface area contributed by atoms with Gasteiger partial charge in [0.2, 0.25) is 0 Å². The van der Waals surface area contributed by atoms with Crippen LogP contribution < -0.4 is 0 Å². The Bertz CT molecular complexity index is 182. The van der Waals surface area contributed by atoms with E-state index >= 15 is 0 Å². The van der Waals surface area contributed by atoms with Crippen molar-refractivity contribution in [3.05, 3.63) is 35.9 Å². The highest BCUT2D eigenvalue weighted by Gasteiger charge is 1.94. The molecule has 0 aliphatic carbocycles. The maximum atomic E-state index is 4.94. The summed E-state index contributed by atoms with van der Waals surface area (Å²) in [5.41, 5.74) is 1.32. The second-order valence-electron chi connectivity index (χ2n) is 2.97. The lowest BCUT2D eigenvalue weighted by molar-refractivity contribution is 0.198. The van der Waals surface area contributed by atoms with Gasteiger partial charge in [0.1, 0.15) is 0 Å². The molecule has 1 aliphatic heterocycles. The molecule has 0 amide bonds. The van der Waals surface area contributed by atoms with Crippen LogP contribution in [0, 0.1) is 6.92 Å². The van der Waals surface area contributed by atoms with Gasteiger partial charge in [0.25, 0.3) is 0 Å². The quantitative estimate of drug-likeness (QED) is 0.573. The number of hydrogen-bond acceptors (Lipinski definition) is 1. The lowest BCUT2D eigenvalue weighted by atomic mass is 10.2. The Morgan fingerprint density at radius 1 is 1.00 bits per heavy atom. The summed E-state index contributed by atoms with van der Waals surface area (Å²) in [4.78, 5) is 0. The minimum absolute atomic E-state index is 1.00. The van der Waals surface area contributed by atoms with Gasteiger partial charge in [-0.1, -0.05) is 35.9 Å². The molecule has 1 saturated heterocycles. The maximum absolute atomic E-state index is 4.94. The zero-order valence-corrected chi connectivity index (χ0v) is 7.62. The van der Waals surface area contributed by atoms with E-state index < -0.39 is 0 Å². The van der Waals surface area contributed by atoms with Crippen LogP contribution in [0.3, 0.4) is 0 Å². The number of ether oxygens (including phenoxy) is 1. The Labute approximate surface area is 74.4 Å². The second kappa shape index (κ2) is 5.78. The first-order chi connectivity index (χ1) is 5.89. The molecule has 1 fully saturated rings. The highest BCUT2D eigenvalue weighted by molar-refractivity contribution is 5.11. The van der Waals surface area contributed by atoms with Crippen molar-refractivity contribution >= 4 is 0 Å². The highest BCUT2D eigenvalue weighted by Crippen LogP contribution is 1.98. The van der Waals surface area contributed by atoms with E-state index in [2.05, 4.69) is 19.1 Å². The average molecular weight is 164 g/mol.